The molecule has 24 heavy (non-hydrogen) atoms. The molecule has 0 amide bonds. The number of hydrogen-bond donors (Lipinski definition) is 1. The molecule has 2 N–H and O–H groups in total. The molecule has 1 aliphatic carbocycles. The highest BCUT2D eigenvalue weighted by molar-refractivity contribution is 5.91. The third-order valence-corrected chi connectivity index (χ3v) is 4.50. The summed E-state index contributed by atoms with van der Waals surface area (Å²) in [7, 11) is 1.61. The van der Waals surface area contributed by atoms with E-state index in [2.05, 4.69) is 18.2 Å². The number of rotatable bonds is 4. The Morgan fingerprint density at radius 1 is 1.21 bits per heavy atom. The van der Waals surface area contributed by atoms with Crippen molar-refractivity contribution < 1.29 is 14.3 Å². The van der Waals surface area contributed by atoms with E-state index in [0.29, 0.717) is 17.9 Å². The van der Waals surface area contributed by atoms with Crippen LogP contribution in [-0.4, -0.2) is 25.7 Å². The summed E-state index contributed by atoms with van der Waals surface area (Å²) in [4.78, 5) is 11.9. The molecule has 0 saturated carbocycles. The van der Waals surface area contributed by atoms with Crippen LogP contribution in [0.3, 0.4) is 0 Å². The minimum Gasteiger partial charge on any atom is -0.496 e. The maximum atomic E-state index is 11.9. The molecule has 0 aliphatic heterocycles. The SMILES string of the molecule is CCOC(=O)c1ccc(-c2ccc3c(c2)C[C@@H](N)CC3)c(OC)c1. The monoisotopic (exact) mass is 325 g/mol. The molecular weight excluding hydrogens is 302 g/mol. The number of carbonyl (C=O) groups is 1. The minimum absolute atomic E-state index is 0.237. The number of benzene rings is 2. The zero-order valence-electron chi connectivity index (χ0n) is 14.2. The zero-order chi connectivity index (χ0) is 17.1. The molecule has 0 saturated heterocycles. The van der Waals surface area contributed by atoms with Crippen molar-refractivity contribution in [2.24, 2.45) is 5.73 Å². The van der Waals surface area contributed by atoms with E-state index in [1.165, 1.54) is 11.1 Å². The highest BCUT2D eigenvalue weighted by Crippen LogP contribution is 2.33. The number of esters is 1. The molecular formula is C20H23NO3. The molecule has 0 spiro atoms. The van der Waals surface area contributed by atoms with Crippen LogP contribution in [0.15, 0.2) is 36.4 Å². The summed E-state index contributed by atoms with van der Waals surface area (Å²) in [5.41, 5.74) is 11.3. The van der Waals surface area contributed by atoms with Gasteiger partial charge in [0.2, 0.25) is 0 Å². The average molecular weight is 325 g/mol. The smallest absolute Gasteiger partial charge is 0.338 e. The third kappa shape index (κ3) is 3.29. The lowest BCUT2D eigenvalue weighted by atomic mass is 9.86. The summed E-state index contributed by atoms with van der Waals surface area (Å²) in [6.07, 6.45) is 2.99. The fourth-order valence-electron chi connectivity index (χ4n) is 3.22. The van der Waals surface area contributed by atoms with Gasteiger partial charge in [-0.25, -0.2) is 4.79 Å². The summed E-state index contributed by atoms with van der Waals surface area (Å²) < 4.78 is 10.6. The molecule has 0 heterocycles. The molecule has 0 radical (unpaired) electrons. The molecule has 2 aromatic rings. The Hall–Kier alpha value is -2.33. The standard InChI is InChI=1S/C20H23NO3/c1-3-24-20(22)15-7-9-18(19(12-15)23-2)14-5-4-13-6-8-17(21)11-16(13)10-14/h4-5,7,9-10,12,17H,3,6,8,11,21H2,1-2H3/t17-/m0/s1. The fraction of sp³-hybridized carbons (Fsp3) is 0.350. The van der Waals surface area contributed by atoms with Gasteiger partial charge in [0.05, 0.1) is 19.3 Å². The van der Waals surface area contributed by atoms with E-state index >= 15 is 0 Å². The van der Waals surface area contributed by atoms with Gasteiger partial charge in [0, 0.05) is 11.6 Å². The molecule has 4 nitrogen and oxygen atoms in total. The summed E-state index contributed by atoms with van der Waals surface area (Å²) >= 11 is 0. The molecule has 0 unspecified atom stereocenters. The Kier molecular flexibility index (Phi) is 4.86. The van der Waals surface area contributed by atoms with Crippen LogP contribution in [0, 0.1) is 0 Å². The highest BCUT2D eigenvalue weighted by Gasteiger charge is 2.17. The van der Waals surface area contributed by atoms with Gasteiger partial charge in [-0.1, -0.05) is 18.2 Å². The van der Waals surface area contributed by atoms with Crippen molar-refractivity contribution >= 4 is 5.97 Å². The second-order valence-corrected chi connectivity index (χ2v) is 6.12. The molecule has 4 heteroatoms. The first-order valence-electron chi connectivity index (χ1n) is 8.35. The maximum Gasteiger partial charge on any atom is 0.338 e. The van der Waals surface area contributed by atoms with E-state index < -0.39 is 0 Å². The van der Waals surface area contributed by atoms with Gasteiger partial charge in [0.1, 0.15) is 5.75 Å². The summed E-state index contributed by atoms with van der Waals surface area (Å²) in [6, 6.07) is 12.1. The lowest BCUT2D eigenvalue weighted by molar-refractivity contribution is 0.0526. The second-order valence-electron chi connectivity index (χ2n) is 6.12. The van der Waals surface area contributed by atoms with Crippen molar-refractivity contribution in [2.45, 2.75) is 32.2 Å². The molecule has 1 aliphatic rings. The summed E-state index contributed by atoms with van der Waals surface area (Å²) in [6.45, 7) is 2.15. The largest absolute Gasteiger partial charge is 0.496 e. The topological polar surface area (TPSA) is 61.5 Å². The van der Waals surface area contributed by atoms with Gasteiger partial charge in [-0.3, -0.25) is 0 Å². The van der Waals surface area contributed by atoms with Gasteiger partial charge in [0.25, 0.3) is 0 Å². The predicted molar refractivity (Wildman–Crippen MR) is 94.4 cm³/mol. The number of carbonyl (C=O) groups excluding carboxylic acids is 1. The van der Waals surface area contributed by atoms with Crippen molar-refractivity contribution in [2.75, 3.05) is 13.7 Å². The van der Waals surface area contributed by atoms with Crippen LogP contribution in [-0.2, 0) is 17.6 Å². The lowest BCUT2D eigenvalue weighted by Crippen LogP contribution is -2.27. The van der Waals surface area contributed by atoms with E-state index in [1.807, 2.05) is 6.07 Å². The first-order chi connectivity index (χ1) is 11.6. The van der Waals surface area contributed by atoms with Gasteiger partial charge in [-0.05, 0) is 61.1 Å². The van der Waals surface area contributed by atoms with Crippen LogP contribution in [0.1, 0.15) is 34.8 Å². The Morgan fingerprint density at radius 2 is 2.04 bits per heavy atom. The Bertz CT molecular complexity index is 755. The van der Waals surface area contributed by atoms with Crippen LogP contribution in [0.5, 0.6) is 5.75 Å². The summed E-state index contributed by atoms with van der Waals surface area (Å²) in [5.74, 6) is 0.333. The molecule has 2 aromatic carbocycles. The van der Waals surface area contributed by atoms with Crippen molar-refractivity contribution in [1.82, 2.24) is 0 Å². The number of hydrogen-bond acceptors (Lipinski definition) is 4. The van der Waals surface area contributed by atoms with E-state index in [4.69, 9.17) is 15.2 Å². The van der Waals surface area contributed by atoms with Gasteiger partial charge >= 0.3 is 5.97 Å². The average Bonchev–Trinajstić information content (AvgIpc) is 2.60. The number of nitrogens with two attached hydrogens (primary N) is 1. The molecule has 1 atom stereocenters. The van der Waals surface area contributed by atoms with E-state index in [0.717, 1.165) is 30.4 Å². The van der Waals surface area contributed by atoms with Gasteiger partial charge < -0.3 is 15.2 Å². The van der Waals surface area contributed by atoms with Crippen LogP contribution in [0.4, 0.5) is 0 Å². The Balaban J connectivity index is 1.97. The summed E-state index contributed by atoms with van der Waals surface area (Å²) in [5, 5.41) is 0. The maximum absolute atomic E-state index is 11.9. The van der Waals surface area contributed by atoms with Crippen molar-refractivity contribution in [3.63, 3.8) is 0 Å². The van der Waals surface area contributed by atoms with Crippen LogP contribution in [0.2, 0.25) is 0 Å². The van der Waals surface area contributed by atoms with Gasteiger partial charge in [-0.15, -0.1) is 0 Å². The quantitative estimate of drug-likeness (QED) is 0.876. The number of fused-ring (bicyclic) bond motifs is 1. The normalized spacial score (nSPS) is 16.4. The fourth-order valence-corrected chi connectivity index (χ4v) is 3.22. The van der Waals surface area contributed by atoms with Crippen molar-refractivity contribution in [1.29, 1.82) is 0 Å². The van der Waals surface area contributed by atoms with E-state index in [-0.39, 0.29) is 12.0 Å². The molecule has 3 rings (SSSR count). The first-order valence-corrected chi connectivity index (χ1v) is 8.35. The van der Waals surface area contributed by atoms with Crippen molar-refractivity contribution in [3.8, 4) is 16.9 Å². The number of ether oxygens (including phenoxy) is 2. The Labute approximate surface area is 142 Å². The predicted octanol–water partition coefficient (Wildman–Crippen LogP) is 3.35. The van der Waals surface area contributed by atoms with E-state index in [1.54, 1.807) is 26.2 Å². The van der Waals surface area contributed by atoms with Gasteiger partial charge in [-0.2, -0.15) is 0 Å². The highest BCUT2D eigenvalue weighted by atomic mass is 16.5. The van der Waals surface area contributed by atoms with Gasteiger partial charge in [0.15, 0.2) is 0 Å². The minimum atomic E-state index is -0.334. The molecule has 0 fully saturated rings. The van der Waals surface area contributed by atoms with Crippen LogP contribution >= 0.6 is 0 Å². The first kappa shape index (κ1) is 16.5. The second kappa shape index (κ2) is 7.05. The van der Waals surface area contributed by atoms with Crippen LogP contribution < -0.4 is 10.5 Å². The van der Waals surface area contributed by atoms with Crippen LogP contribution in [0.25, 0.3) is 11.1 Å². The van der Waals surface area contributed by atoms with Crippen molar-refractivity contribution in [3.05, 3.63) is 53.1 Å². The number of methoxy groups -OCH3 is 1. The molecule has 0 aromatic heterocycles. The molecule has 0 bridgehead atoms. The third-order valence-electron chi connectivity index (χ3n) is 4.50. The van der Waals surface area contributed by atoms with E-state index in [9.17, 15) is 4.79 Å². The number of aryl methyl sites for hydroxylation is 1. The molecule has 126 valence electrons. The Morgan fingerprint density at radius 3 is 2.79 bits per heavy atom. The lowest BCUT2D eigenvalue weighted by Gasteiger charge is -2.22. The zero-order valence-corrected chi connectivity index (χ0v) is 14.2.